The summed E-state index contributed by atoms with van der Waals surface area (Å²) in [5.41, 5.74) is 0. The van der Waals surface area contributed by atoms with Gasteiger partial charge in [0, 0.05) is 19.3 Å². The SMILES string of the molecule is CC/C=C\C/C=C\C/C=C\C/C=C\C/C=C\C/C=C\C/C=C\C/C=C\CCCCCCCCC(=O)OCC(COC(=O)CCCCCCC/C=C\CCCCC)OC(=O)CCCCCCCCCCCCCCC. The molecule has 0 aromatic heterocycles. The highest BCUT2D eigenvalue weighted by molar-refractivity contribution is 5.71. The first-order valence-electron chi connectivity index (χ1n) is 30.9. The molecule has 0 aliphatic carbocycles. The van der Waals surface area contributed by atoms with Crippen molar-refractivity contribution in [2.24, 2.45) is 0 Å². The molecule has 0 amide bonds. The first-order chi connectivity index (χ1) is 36.5. The van der Waals surface area contributed by atoms with E-state index in [0.717, 1.165) is 128 Å². The van der Waals surface area contributed by atoms with Gasteiger partial charge in [-0.1, -0.05) is 265 Å². The smallest absolute Gasteiger partial charge is 0.306 e. The van der Waals surface area contributed by atoms with Crippen molar-refractivity contribution in [2.45, 2.75) is 290 Å². The normalized spacial score (nSPS) is 12.9. The average Bonchev–Trinajstić information content (AvgIpc) is 3.40. The minimum absolute atomic E-state index is 0.0853. The van der Waals surface area contributed by atoms with Crippen molar-refractivity contribution in [3.63, 3.8) is 0 Å². The Labute approximate surface area is 457 Å². The van der Waals surface area contributed by atoms with Gasteiger partial charge in [-0.3, -0.25) is 14.4 Å². The zero-order valence-electron chi connectivity index (χ0n) is 48.3. The largest absolute Gasteiger partial charge is 0.462 e. The minimum atomic E-state index is -0.786. The molecule has 6 heteroatoms. The van der Waals surface area contributed by atoms with Crippen LogP contribution in [0.25, 0.3) is 0 Å². The molecule has 1 atom stereocenters. The maximum atomic E-state index is 12.8. The number of unbranched alkanes of at least 4 members (excludes halogenated alkanes) is 26. The van der Waals surface area contributed by atoms with Crippen molar-refractivity contribution < 1.29 is 28.6 Å². The molecule has 0 aliphatic heterocycles. The van der Waals surface area contributed by atoms with Crippen molar-refractivity contribution in [1.29, 1.82) is 0 Å². The number of hydrogen-bond acceptors (Lipinski definition) is 6. The number of hydrogen-bond donors (Lipinski definition) is 0. The lowest BCUT2D eigenvalue weighted by Gasteiger charge is -2.18. The van der Waals surface area contributed by atoms with Crippen LogP contribution < -0.4 is 0 Å². The molecule has 0 spiro atoms. The van der Waals surface area contributed by atoms with E-state index in [4.69, 9.17) is 14.2 Å². The second-order valence-corrected chi connectivity index (χ2v) is 20.2. The molecule has 0 N–H and O–H groups in total. The summed E-state index contributed by atoms with van der Waals surface area (Å²) in [4.78, 5) is 38.1. The fourth-order valence-electron chi connectivity index (χ4n) is 8.39. The Kier molecular flexibility index (Phi) is 58.3. The van der Waals surface area contributed by atoms with E-state index >= 15 is 0 Å². The predicted molar refractivity (Wildman–Crippen MR) is 320 cm³/mol. The van der Waals surface area contributed by atoms with Crippen LogP contribution in [0.5, 0.6) is 0 Å². The zero-order chi connectivity index (χ0) is 53.6. The van der Waals surface area contributed by atoms with Crippen molar-refractivity contribution in [3.05, 3.63) is 109 Å². The maximum absolute atomic E-state index is 12.8. The third kappa shape index (κ3) is 59.0. The highest BCUT2D eigenvalue weighted by Gasteiger charge is 2.19. The number of allylic oxidation sites excluding steroid dienone is 18. The van der Waals surface area contributed by atoms with Crippen LogP contribution in [0.2, 0.25) is 0 Å². The number of ether oxygens (including phenoxy) is 3. The van der Waals surface area contributed by atoms with Gasteiger partial charge in [0.1, 0.15) is 13.2 Å². The standard InChI is InChI=1S/C68H114O6/c1-4-7-10-13-16-19-22-25-26-27-28-29-30-31-32-33-34-35-36-37-38-39-40-41-42-44-46-49-52-55-58-61-67(70)73-64-65(63-72-66(69)60-57-54-51-48-45-24-21-18-15-12-9-6-3)74-68(71)62-59-56-53-50-47-43-23-20-17-14-11-8-5-2/h7,10,16,18-19,21,25-26,28-29,31-32,34-35,37-38,40-41,65H,4-6,8-9,11-15,17,20,22-24,27,30,33,36,39,42-64H2,1-3H3/b10-7-,19-16-,21-18-,26-25-,29-28-,32-31-,35-34-,38-37-,41-40-. The summed E-state index contributed by atoms with van der Waals surface area (Å²) < 4.78 is 16.8. The molecule has 0 aliphatic rings. The van der Waals surface area contributed by atoms with Gasteiger partial charge in [0.15, 0.2) is 6.10 Å². The van der Waals surface area contributed by atoms with E-state index in [1.165, 1.54) is 116 Å². The Morgan fingerprint density at radius 2 is 0.527 bits per heavy atom. The summed E-state index contributed by atoms with van der Waals surface area (Å²) in [6.45, 7) is 6.49. The third-order valence-corrected chi connectivity index (χ3v) is 13.0. The summed E-state index contributed by atoms with van der Waals surface area (Å²) in [6, 6.07) is 0. The molecule has 6 nitrogen and oxygen atoms in total. The molecular formula is C68H114O6. The molecular weight excluding hydrogens is 913 g/mol. The molecule has 0 bridgehead atoms. The second-order valence-electron chi connectivity index (χ2n) is 20.2. The molecule has 0 radical (unpaired) electrons. The van der Waals surface area contributed by atoms with Crippen LogP contribution in [-0.4, -0.2) is 37.2 Å². The molecule has 0 aromatic carbocycles. The molecule has 0 fully saturated rings. The van der Waals surface area contributed by atoms with Crippen molar-refractivity contribution in [2.75, 3.05) is 13.2 Å². The van der Waals surface area contributed by atoms with Gasteiger partial charge in [0.05, 0.1) is 0 Å². The summed E-state index contributed by atoms with van der Waals surface area (Å²) in [6.07, 6.45) is 83.8. The lowest BCUT2D eigenvalue weighted by Crippen LogP contribution is -2.30. The predicted octanol–water partition coefficient (Wildman–Crippen LogP) is 21.0. The van der Waals surface area contributed by atoms with Crippen LogP contribution in [0.3, 0.4) is 0 Å². The lowest BCUT2D eigenvalue weighted by molar-refractivity contribution is -0.167. The monoisotopic (exact) mass is 1030 g/mol. The van der Waals surface area contributed by atoms with Gasteiger partial charge in [-0.2, -0.15) is 0 Å². The van der Waals surface area contributed by atoms with Gasteiger partial charge in [-0.05, 0) is 109 Å². The molecule has 0 aromatic rings. The Hall–Kier alpha value is -3.93. The first-order valence-corrected chi connectivity index (χ1v) is 30.9. The molecule has 422 valence electrons. The van der Waals surface area contributed by atoms with Gasteiger partial charge in [0.25, 0.3) is 0 Å². The van der Waals surface area contributed by atoms with Crippen molar-refractivity contribution in [1.82, 2.24) is 0 Å². The van der Waals surface area contributed by atoms with E-state index in [0.29, 0.717) is 19.3 Å². The second kappa shape index (κ2) is 61.6. The van der Waals surface area contributed by atoms with Crippen LogP contribution >= 0.6 is 0 Å². The van der Waals surface area contributed by atoms with E-state index in [1.54, 1.807) is 0 Å². The summed E-state index contributed by atoms with van der Waals surface area (Å²) in [5.74, 6) is -0.904. The Morgan fingerprint density at radius 1 is 0.284 bits per heavy atom. The van der Waals surface area contributed by atoms with E-state index in [9.17, 15) is 14.4 Å². The number of carbonyl (C=O) groups excluding carboxylic acids is 3. The third-order valence-electron chi connectivity index (χ3n) is 13.0. The van der Waals surface area contributed by atoms with Crippen LogP contribution in [0.4, 0.5) is 0 Å². The fourth-order valence-corrected chi connectivity index (χ4v) is 8.39. The maximum Gasteiger partial charge on any atom is 0.306 e. The zero-order valence-corrected chi connectivity index (χ0v) is 48.3. The molecule has 1 unspecified atom stereocenters. The highest BCUT2D eigenvalue weighted by atomic mass is 16.6. The molecule has 0 saturated heterocycles. The van der Waals surface area contributed by atoms with Gasteiger partial charge >= 0.3 is 17.9 Å². The molecule has 0 rings (SSSR count). The summed E-state index contributed by atoms with van der Waals surface area (Å²) in [7, 11) is 0. The first kappa shape index (κ1) is 70.1. The minimum Gasteiger partial charge on any atom is -0.462 e. The van der Waals surface area contributed by atoms with Crippen LogP contribution in [0, 0.1) is 0 Å². The Bertz CT molecular complexity index is 1510. The van der Waals surface area contributed by atoms with Gasteiger partial charge in [-0.25, -0.2) is 0 Å². The molecule has 74 heavy (non-hydrogen) atoms. The number of rotatable bonds is 55. The van der Waals surface area contributed by atoms with E-state index in [2.05, 4.69) is 130 Å². The van der Waals surface area contributed by atoms with Crippen molar-refractivity contribution in [3.8, 4) is 0 Å². The van der Waals surface area contributed by atoms with Crippen LogP contribution in [0.1, 0.15) is 284 Å². The number of carbonyl (C=O) groups is 3. The van der Waals surface area contributed by atoms with E-state index in [1.807, 2.05) is 0 Å². The lowest BCUT2D eigenvalue weighted by atomic mass is 10.0. The average molecular weight is 1030 g/mol. The topological polar surface area (TPSA) is 78.9 Å². The molecule has 0 saturated carbocycles. The number of esters is 3. The quantitative estimate of drug-likeness (QED) is 0.0261. The molecule has 0 heterocycles. The van der Waals surface area contributed by atoms with Gasteiger partial charge in [-0.15, -0.1) is 0 Å². The summed E-state index contributed by atoms with van der Waals surface area (Å²) in [5, 5.41) is 0. The van der Waals surface area contributed by atoms with Gasteiger partial charge in [0.2, 0.25) is 0 Å². The van der Waals surface area contributed by atoms with Crippen molar-refractivity contribution >= 4 is 17.9 Å². The van der Waals surface area contributed by atoms with Crippen LogP contribution in [-0.2, 0) is 28.6 Å². The van der Waals surface area contributed by atoms with E-state index < -0.39 is 6.10 Å². The Balaban J connectivity index is 4.27. The summed E-state index contributed by atoms with van der Waals surface area (Å²) >= 11 is 0. The Morgan fingerprint density at radius 3 is 0.865 bits per heavy atom. The fraction of sp³-hybridized carbons (Fsp3) is 0.691. The highest BCUT2D eigenvalue weighted by Crippen LogP contribution is 2.15. The van der Waals surface area contributed by atoms with Gasteiger partial charge < -0.3 is 14.2 Å². The van der Waals surface area contributed by atoms with E-state index in [-0.39, 0.29) is 31.1 Å². The van der Waals surface area contributed by atoms with Crippen LogP contribution in [0.15, 0.2) is 109 Å².